The third-order valence-electron chi connectivity index (χ3n) is 6.76. The lowest BCUT2D eigenvalue weighted by atomic mass is 10.1. The van der Waals surface area contributed by atoms with Gasteiger partial charge in [-0.25, -0.2) is 8.42 Å². The molecule has 0 radical (unpaired) electrons. The van der Waals surface area contributed by atoms with Crippen LogP contribution in [0.25, 0.3) is 0 Å². The quantitative estimate of drug-likeness (QED) is 0.0889. The molecule has 224 valence electrons. The number of sulfonamides is 1. The SMILES string of the molecule is Nc1ccc(S(=O)(=O)Nc2cccc(CCCCOCCCCCCNCC(O)c3ccc(O)c(CO)c3)c2)cc1. The number of nitrogen functional groups attached to an aromatic ring is 1. The molecule has 0 aliphatic rings. The number of rotatable bonds is 19. The Labute approximate surface area is 243 Å². The number of benzene rings is 3. The lowest BCUT2D eigenvalue weighted by molar-refractivity contribution is 0.126. The zero-order chi connectivity index (χ0) is 29.5. The van der Waals surface area contributed by atoms with Gasteiger partial charge in [-0.15, -0.1) is 0 Å². The van der Waals surface area contributed by atoms with E-state index >= 15 is 0 Å². The highest BCUT2D eigenvalue weighted by Gasteiger charge is 2.14. The Morgan fingerprint density at radius 3 is 2.37 bits per heavy atom. The predicted octanol–water partition coefficient (Wildman–Crippen LogP) is 4.49. The van der Waals surface area contributed by atoms with Gasteiger partial charge in [0.15, 0.2) is 0 Å². The number of hydrogen-bond donors (Lipinski definition) is 6. The van der Waals surface area contributed by atoms with Crippen LogP contribution in [0.15, 0.2) is 71.6 Å². The van der Waals surface area contributed by atoms with E-state index in [0.29, 0.717) is 35.7 Å². The molecule has 0 amide bonds. The normalized spacial score (nSPS) is 12.3. The Balaban J connectivity index is 1.19. The van der Waals surface area contributed by atoms with Gasteiger partial charge in [0.2, 0.25) is 0 Å². The van der Waals surface area contributed by atoms with Crippen molar-refractivity contribution in [1.29, 1.82) is 0 Å². The van der Waals surface area contributed by atoms with Crippen molar-refractivity contribution in [3.63, 3.8) is 0 Å². The Kier molecular flexibility index (Phi) is 13.4. The molecule has 3 rings (SSSR count). The number of ether oxygens (including phenoxy) is 1. The third kappa shape index (κ3) is 11.3. The maximum Gasteiger partial charge on any atom is 0.261 e. The van der Waals surface area contributed by atoms with Crippen LogP contribution in [0, 0.1) is 0 Å². The van der Waals surface area contributed by atoms with Crippen LogP contribution in [0.2, 0.25) is 0 Å². The van der Waals surface area contributed by atoms with Crippen molar-refractivity contribution in [3.8, 4) is 5.75 Å². The number of nitrogens with one attached hydrogen (secondary N) is 2. The van der Waals surface area contributed by atoms with E-state index in [-0.39, 0.29) is 17.3 Å². The van der Waals surface area contributed by atoms with Crippen molar-refractivity contribution in [2.45, 2.75) is 62.6 Å². The minimum Gasteiger partial charge on any atom is -0.508 e. The molecule has 0 spiro atoms. The van der Waals surface area contributed by atoms with Crippen molar-refractivity contribution in [2.24, 2.45) is 0 Å². The molecular weight excluding hydrogens is 542 g/mol. The molecule has 0 bridgehead atoms. The van der Waals surface area contributed by atoms with Gasteiger partial charge in [-0.1, -0.05) is 31.0 Å². The van der Waals surface area contributed by atoms with Crippen LogP contribution >= 0.6 is 0 Å². The number of aliphatic hydroxyl groups is 2. The van der Waals surface area contributed by atoms with Gasteiger partial charge in [-0.2, -0.15) is 0 Å². The van der Waals surface area contributed by atoms with E-state index in [4.69, 9.17) is 10.5 Å². The van der Waals surface area contributed by atoms with E-state index in [1.54, 1.807) is 30.3 Å². The molecule has 0 heterocycles. The summed E-state index contributed by atoms with van der Waals surface area (Å²) < 4.78 is 33.6. The molecule has 0 aliphatic heterocycles. The van der Waals surface area contributed by atoms with E-state index in [2.05, 4.69) is 10.0 Å². The highest BCUT2D eigenvalue weighted by molar-refractivity contribution is 7.92. The maximum absolute atomic E-state index is 12.6. The molecule has 0 aromatic heterocycles. The Morgan fingerprint density at radius 2 is 1.61 bits per heavy atom. The summed E-state index contributed by atoms with van der Waals surface area (Å²) in [5.41, 5.74) is 8.85. The molecule has 41 heavy (non-hydrogen) atoms. The third-order valence-corrected chi connectivity index (χ3v) is 8.16. The molecule has 0 saturated heterocycles. The molecule has 3 aromatic carbocycles. The number of hydrogen-bond acceptors (Lipinski definition) is 8. The van der Waals surface area contributed by atoms with Gasteiger partial charge in [0.1, 0.15) is 5.75 Å². The fraction of sp³-hybridized carbons (Fsp3) is 0.419. The van der Waals surface area contributed by atoms with Gasteiger partial charge in [-0.3, -0.25) is 4.72 Å². The molecule has 1 atom stereocenters. The smallest absolute Gasteiger partial charge is 0.261 e. The zero-order valence-electron chi connectivity index (χ0n) is 23.5. The second-order valence-corrected chi connectivity index (χ2v) is 11.8. The molecule has 3 aromatic rings. The molecule has 0 saturated carbocycles. The van der Waals surface area contributed by atoms with Gasteiger partial charge < -0.3 is 31.1 Å². The standard InChI is InChI=1S/C31H43N3O6S/c32-27-12-14-29(15-13-27)41(38,39)34-28-10-7-9-24(20-28)8-3-6-19-40-18-5-2-1-4-17-33-22-31(37)25-11-16-30(36)26(21-25)23-35/h7,9-16,20-21,31,33-37H,1-6,8,17-19,22-23,32H2. The molecule has 0 fully saturated rings. The average molecular weight is 586 g/mol. The lowest BCUT2D eigenvalue weighted by Gasteiger charge is -2.14. The van der Waals surface area contributed by atoms with Crippen LogP contribution in [0.4, 0.5) is 11.4 Å². The van der Waals surface area contributed by atoms with Gasteiger partial charge in [0.25, 0.3) is 10.0 Å². The second-order valence-electron chi connectivity index (χ2n) is 10.1. The van der Waals surface area contributed by atoms with Crippen LogP contribution in [0.1, 0.15) is 61.3 Å². The summed E-state index contributed by atoms with van der Waals surface area (Å²) in [5, 5.41) is 32.4. The van der Waals surface area contributed by atoms with E-state index in [9.17, 15) is 23.7 Å². The molecule has 1 unspecified atom stereocenters. The molecular formula is C31H43N3O6S. The first-order chi connectivity index (χ1) is 19.8. The molecule has 7 N–H and O–H groups in total. The Bertz CT molecular complexity index is 1300. The number of nitrogens with two attached hydrogens (primary N) is 1. The molecule has 10 heteroatoms. The number of aryl methyl sites for hydroxylation is 1. The first-order valence-electron chi connectivity index (χ1n) is 14.1. The summed E-state index contributed by atoms with van der Waals surface area (Å²) >= 11 is 0. The summed E-state index contributed by atoms with van der Waals surface area (Å²) in [6.45, 7) is 2.41. The van der Waals surface area contributed by atoms with Crippen molar-refractivity contribution in [2.75, 3.05) is 36.8 Å². The van der Waals surface area contributed by atoms with E-state index < -0.39 is 16.1 Å². The van der Waals surface area contributed by atoms with Crippen LogP contribution in [0.5, 0.6) is 5.75 Å². The van der Waals surface area contributed by atoms with E-state index in [1.165, 1.54) is 18.2 Å². The first kappa shape index (κ1) is 32.4. The van der Waals surface area contributed by atoms with E-state index in [0.717, 1.165) is 63.7 Å². The monoisotopic (exact) mass is 585 g/mol. The fourth-order valence-corrected chi connectivity index (χ4v) is 5.44. The van der Waals surface area contributed by atoms with Gasteiger partial charge in [0, 0.05) is 36.7 Å². The lowest BCUT2D eigenvalue weighted by Crippen LogP contribution is -2.22. The predicted molar refractivity (Wildman–Crippen MR) is 162 cm³/mol. The van der Waals surface area contributed by atoms with Gasteiger partial charge in [0.05, 0.1) is 17.6 Å². The minimum atomic E-state index is -3.66. The van der Waals surface area contributed by atoms with Crippen molar-refractivity contribution < 1.29 is 28.5 Å². The van der Waals surface area contributed by atoms with Crippen LogP contribution in [0.3, 0.4) is 0 Å². The maximum atomic E-state index is 12.6. The number of anilines is 2. The highest BCUT2D eigenvalue weighted by atomic mass is 32.2. The number of unbranched alkanes of at least 4 members (excludes halogenated alkanes) is 4. The number of phenols is 1. The molecule has 9 nitrogen and oxygen atoms in total. The first-order valence-corrected chi connectivity index (χ1v) is 15.6. The Morgan fingerprint density at radius 1 is 0.878 bits per heavy atom. The summed E-state index contributed by atoms with van der Waals surface area (Å²) in [7, 11) is -3.66. The van der Waals surface area contributed by atoms with Gasteiger partial charge >= 0.3 is 0 Å². The average Bonchev–Trinajstić information content (AvgIpc) is 2.95. The Hall–Kier alpha value is -3.15. The van der Waals surface area contributed by atoms with Crippen molar-refractivity contribution >= 4 is 21.4 Å². The van der Waals surface area contributed by atoms with Crippen LogP contribution < -0.4 is 15.8 Å². The summed E-state index contributed by atoms with van der Waals surface area (Å²) in [6.07, 6.45) is 6.24. The van der Waals surface area contributed by atoms with Crippen molar-refractivity contribution in [1.82, 2.24) is 5.32 Å². The van der Waals surface area contributed by atoms with Crippen LogP contribution in [-0.2, 0) is 27.8 Å². The molecule has 0 aliphatic carbocycles. The second kappa shape index (κ2) is 17.0. The summed E-state index contributed by atoms with van der Waals surface area (Å²) in [4.78, 5) is 0.172. The largest absolute Gasteiger partial charge is 0.508 e. The summed E-state index contributed by atoms with van der Waals surface area (Å²) in [5.74, 6) is 0.0302. The highest BCUT2D eigenvalue weighted by Crippen LogP contribution is 2.22. The van der Waals surface area contributed by atoms with E-state index in [1.807, 2.05) is 18.2 Å². The minimum absolute atomic E-state index is 0.0302. The number of aromatic hydroxyl groups is 1. The summed E-state index contributed by atoms with van der Waals surface area (Å²) in [6, 6.07) is 18.3. The fourth-order valence-electron chi connectivity index (χ4n) is 4.39. The topological polar surface area (TPSA) is 154 Å². The van der Waals surface area contributed by atoms with Crippen LogP contribution in [-0.4, -0.2) is 50.0 Å². The zero-order valence-corrected chi connectivity index (χ0v) is 24.3. The van der Waals surface area contributed by atoms with Gasteiger partial charge in [-0.05, 0) is 98.3 Å². The van der Waals surface area contributed by atoms with Crippen molar-refractivity contribution in [3.05, 3.63) is 83.4 Å². The number of aliphatic hydroxyl groups excluding tert-OH is 2.